The summed E-state index contributed by atoms with van der Waals surface area (Å²) in [6.45, 7) is 9.57. The van der Waals surface area contributed by atoms with E-state index in [4.69, 9.17) is 0 Å². The van der Waals surface area contributed by atoms with Crippen LogP contribution in [0.5, 0.6) is 0 Å². The lowest BCUT2D eigenvalue weighted by Crippen LogP contribution is -2.37. The summed E-state index contributed by atoms with van der Waals surface area (Å²) in [5.74, 6) is -0.304. The van der Waals surface area contributed by atoms with Gasteiger partial charge in [0.2, 0.25) is 0 Å². The molecular weight excluding hydrogens is 432 g/mol. The second kappa shape index (κ2) is 10.8. The maximum absolute atomic E-state index is 12.8. The van der Waals surface area contributed by atoms with E-state index in [1.165, 1.54) is 43.9 Å². The van der Waals surface area contributed by atoms with Gasteiger partial charge in [-0.05, 0) is 94.3 Å². The van der Waals surface area contributed by atoms with E-state index in [1.807, 2.05) is 13.0 Å². The summed E-state index contributed by atoms with van der Waals surface area (Å²) in [6.07, 6.45) is 8.40. The lowest BCUT2D eigenvalue weighted by molar-refractivity contribution is 0.102. The zero-order chi connectivity index (χ0) is 24.2. The third kappa shape index (κ3) is 6.45. The molecule has 1 N–H and O–H groups in total. The van der Waals surface area contributed by atoms with Crippen molar-refractivity contribution in [2.45, 2.75) is 83.2 Å². The molecule has 0 saturated carbocycles. The molecule has 0 radical (unpaired) electrons. The van der Waals surface area contributed by atoms with Crippen molar-refractivity contribution < 1.29 is 13.2 Å². The van der Waals surface area contributed by atoms with Gasteiger partial charge < -0.3 is 5.32 Å². The first-order valence-electron chi connectivity index (χ1n) is 12.1. The number of amides is 1. The predicted molar refractivity (Wildman–Crippen MR) is 136 cm³/mol. The third-order valence-electron chi connectivity index (χ3n) is 6.85. The summed E-state index contributed by atoms with van der Waals surface area (Å²) in [5, 5.41) is 2.95. The van der Waals surface area contributed by atoms with Gasteiger partial charge in [-0.2, -0.15) is 0 Å². The highest BCUT2D eigenvalue weighted by Crippen LogP contribution is 2.26. The Morgan fingerprint density at radius 2 is 1.88 bits per heavy atom. The van der Waals surface area contributed by atoms with Gasteiger partial charge in [0.05, 0.1) is 4.90 Å². The van der Waals surface area contributed by atoms with Crippen molar-refractivity contribution in [2.75, 3.05) is 18.1 Å². The number of nitrogens with zero attached hydrogens (tertiary/aromatic N) is 1. The maximum atomic E-state index is 12.8. The third-order valence-corrected chi connectivity index (χ3v) is 8.09. The number of carbonyl (C=O) groups excluding carboxylic acids is 1. The molecule has 1 saturated heterocycles. The number of sulfone groups is 1. The van der Waals surface area contributed by atoms with Crippen molar-refractivity contribution in [2.24, 2.45) is 0 Å². The second-order valence-electron chi connectivity index (χ2n) is 9.57. The molecule has 2 unspecified atom stereocenters. The van der Waals surface area contributed by atoms with Crippen molar-refractivity contribution >= 4 is 21.4 Å². The minimum absolute atomic E-state index is 0.191. The highest BCUT2D eigenvalue weighted by molar-refractivity contribution is 7.90. The molecule has 2 atom stereocenters. The number of aryl methyl sites for hydroxylation is 3. The summed E-state index contributed by atoms with van der Waals surface area (Å²) < 4.78 is 24.0. The molecule has 0 aromatic heterocycles. The molecular formula is C27H38N2O3S. The van der Waals surface area contributed by atoms with Gasteiger partial charge in [0.15, 0.2) is 9.84 Å². The normalized spacial score (nSPS) is 17.8. The molecule has 1 aliphatic rings. The second-order valence-corrected chi connectivity index (χ2v) is 11.6. The average Bonchev–Trinajstić information content (AvgIpc) is 3.18. The minimum Gasteiger partial charge on any atom is -0.322 e. The van der Waals surface area contributed by atoms with E-state index in [2.05, 4.69) is 36.2 Å². The molecule has 2 aromatic carbocycles. The first-order valence-corrected chi connectivity index (χ1v) is 14.0. The summed E-state index contributed by atoms with van der Waals surface area (Å²) in [4.78, 5) is 15.7. The maximum Gasteiger partial charge on any atom is 0.255 e. The van der Waals surface area contributed by atoms with Crippen molar-refractivity contribution in [1.29, 1.82) is 0 Å². The number of carbonyl (C=O) groups is 1. The Morgan fingerprint density at radius 1 is 1.12 bits per heavy atom. The summed E-state index contributed by atoms with van der Waals surface area (Å²) in [6, 6.07) is 12.3. The van der Waals surface area contributed by atoms with Gasteiger partial charge in [-0.25, -0.2) is 8.42 Å². The quantitative estimate of drug-likeness (QED) is 0.522. The number of hydrogen-bond donors (Lipinski definition) is 1. The van der Waals surface area contributed by atoms with Crippen molar-refractivity contribution in [3.8, 4) is 0 Å². The van der Waals surface area contributed by atoms with Gasteiger partial charge in [0, 0.05) is 29.6 Å². The van der Waals surface area contributed by atoms with E-state index >= 15 is 0 Å². The minimum atomic E-state index is -3.39. The van der Waals surface area contributed by atoms with Gasteiger partial charge >= 0.3 is 0 Å². The number of anilines is 1. The molecule has 1 amide bonds. The number of nitrogens with one attached hydrogen (secondary N) is 1. The molecule has 0 bridgehead atoms. The molecule has 1 aliphatic heterocycles. The molecule has 2 aromatic rings. The highest BCUT2D eigenvalue weighted by atomic mass is 32.2. The Bertz CT molecular complexity index is 1090. The van der Waals surface area contributed by atoms with Crippen LogP contribution in [0.2, 0.25) is 0 Å². The molecule has 1 heterocycles. The molecule has 6 heteroatoms. The van der Waals surface area contributed by atoms with Gasteiger partial charge in [0.1, 0.15) is 0 Å². The van der Waals surface area contributed by atoms with E-state index < -0.39 is 9.84 Å². The van der Waals surface area contributed by atoms with E-state index in [1.54, 1.807) is 19.1 Å². The van der Waals surface area contributed by atoms with Crippen LogP contribution in [0.1, 0.15) is 73.0 Å². The van der Waals surface area contributed by atoms with Gasteiger partial charge in [-0.1, -0.05) is 31.5 Å². The van der Waals surface area contributed by atoms with Crippen LogP contribution >= 0.6 is 0 Å². The smallest absolute Gasteiger partial charge is 0.255 e. The van der Waals surface area contributed by atoms with Crippen molar-refractivity contribution in [1.82, 2.24) is 4.90 Å². The van der Waals surface area contributed by atoms with Gasteiger partial charge in [0.25, 0.3) is 5.91 Å². The SMILES string of the molecule is CCCC(CCc1ccc(NC(=O)c2ccc(C)c(S(C)(=O)=O)c2)c(C)c1)N1CCCC1C. The highest BCUT2D eigenvalue weighted by Gasteiger charge is 2.26. The molecule has 0 spiro atoms. The molecule has 1 fully saturated rings. The number of likely N-dealkylation sites (tertiary alicyclic amines) is 1. The first-order chi connectivity index (χ1) is 15.6. The van der Waals surface area contributed by atoms with E-state index in [-0.39, 0.29) is 10.8 Å². The van der Waals surface area contributed by atoms with Crippen molar-refractivity contribution in [3.63, 3.8) is 0 Å². The lowest BCUT2D eigenvalue weighted by Gasteiger charge is -2.31. The zero-order valence-corrected chi connectivity index (χ0v) is 21.5. The van der Waals surface area contributed by atoms with Crippen LogP contribution in [0, 0.1) is 13.8 Å². The Kier molecular flexibility index (Phi) is 8.35. The lowest BCUT2D eigenvalue weighted by atomic mass is 9.98. The molecule has 5 nitrogen and oxygen atoms in total. The van der Waals surface area contributed by atoms with Crippen LogP contribution in [0.15, 0.2) is 41.3 Å². The van der Waals surface area contributed by atoms with Crippen LogP contribution in [-0.2, 0) is 16.3 Å². The monoisotopic (exact) mass is 470 g/mol. The van der Waals surface area contributed by atoms with E-state index in [0.29, 0.717) is 23.2 Å². The van der Waals surface area contributed by atoms with Crippen LogP contribution in [0.3, 0.4) is 0 Å². The first kappa shape index (κ1) is 25.4. The van der Waals surface area contributed by atoms with Crippen LogP contribution in [0.25, 0.3) is 0 Å². The Morgan fingerprint density at radius 3 is 2.48 bits per heavy atom. The summed E-state index contributed by atoms with van der Waals surface area (Å²) in [5.41, 5.74) is 4.03. The standard InChI is InChI=1S/C27H38N2O3S/c1-6-8-24(29-16-7-9-21(29)4)14-11-22-12-15-25(20(3)17-22)28-27(30)23-13-10-19(2)26(18-23)33(5,31)32/h10,12-13,15,17-18,21,24H,6-9,11,14,16H2,1-5H3,(H,28,30). The van der Waals surface area contributed by atoms with E-state index in [0.717, 1.165) is 30.3 Å². The topological polar surface area (TPSA) is 66.5 Å². The molecule has 33 heavy (non-hydrogen) atoms. The zero-order valence-electron chi connectivity index (χ0n) is 20.6. The van der Waals surface area contributed by atoms with Crippen molar-refractivity contribution in [3.05, 3.63) is 58.7 Å². The number of hydrogen-bond acceptors (Lipinski definition) is 4. The predicted octanol–water partition coefficient (Wildman–Crippen LogP) is 5.54. The fourth-order valence-corrected chi connectivity index (χ4v) is 5.99. The van der Waals surface area contributed by atoms with E-state index in [9.17, 15) is 13.2 Å². The molecule has 0 aliphatic carbocycles. The number of benzene rings is 2. The fourth-order valence-electron chi connectivity index (χ4n) is 5.00. The van der Waals surface area contributed by atoms with Crippen LogP contribution < -0.4 is 5.32 Å². The summed E-state index contributed by atoms with van der Waals surface area (Å²) in [7, 11) is -3.39. The largest absolute Gasteiger partial charge is 0.322 e. The Hall–Kier alpha value is -2.18. The average molecular weight is 471 g/mol. The van der Waals surface area contributed by atoms with Crippen LogP contribution in [-0.4, -0.2) is 44.1 Å². The summed E-state index contributed by atoms with van der Waals surface area (Å²) >= 11 is 0. The Balaban J connectivity index is 1.67. The fraction of sp³-hybridized carbons (Fsp3) is 0.519. The number of rotatable bonds is 9. The molecule has 180 valence electrons. The van der Waals surface area contributed by atoms with Gasteiger partial charge in [-0.15, -0.1) is 0 Å². The molecule has 3 rings (SSSR count). The van der Waals surface area contributed by atoms with Gasteiger partial charge in [-0.3, -0.25) is 9.69 Å². The van der Waals surface area contributed by atoms with Crippen LogP contribution in [0.4, 0.5) is 5.69 Å². The Labute approximate surface area is 199 Å².